The van der Waals surface area contributed by atoms with Crippen LogP contribution in [0, 0.1) is 20.8 Å². The molecule has 0 fully saturated rings. The Labute approximate surface area is 261 Å². The second kappa shape index (κ2) is 14.3. The van der Waals surface area contributed by atoms with Crippen molar-refractivity contribution >= 4 is 51.5 Å². The van der Waals surface area contributed by atoms with Gasteiger partial charge in [-0.1, -0.05) is 0 Å². The van der Waals surface area contributed by atoms with E-state index in [1.165, 1.54) is 16.7 Å². The number of phenols is 1. The van der Waals surface area contributed by atoms with E-state index < -0.39 is 5.31 Å². The van der Waals surface area contributed by atoms with E-state index in [9.17, 15) is 5.11 Å². The monoisotopic (exact) mass is 664 g/mol. The van der Waals surface area contributed by atoms with Gasteiger partial charge in [0.25, 0.3) is 0 Å². The van der Waals surface area contributed by atoms with Gasteiger partial charge in [-0.25, -0.2) is 0 Å². The minimum absolute atomic E-state index is 0.153. The molecule has 4 rings (SSSR count). The number of hydrogen-bond donors (Lipinski definition) is 1. The first-order valence-corrected chi connectivity index (χ1v) is 20.1. The van der Waals surface area contributed by atoms with E-state index >= 15 is 0 Å². The van der Waals surface area contributed by atoms with E-state index in [0.29, 0.717) is 29.3 Å². The van der Waals surface area contributed by atoms with Gasteiger partial charge in [-0.2, -0.15) is 0 Å². The molecule has 0 atom stereocenters. The average molecular weight is 666 g/mol. The molecular formula is C35H42BrO4PSi. The molecule has 222 valence electrons. The van der Waals surface area contributed by atoms with Gasteiger partial charge in [0.05, 0.1) is 0 Å². The van der Waals surface area contributed by atoms with Crippen LogP contribution in [-0.4, -0.2) is 40.4 Å². The third-order valence-electron chi connectivity index (χ3n) is 7.48. The summed E-state index contributed by atoms with van der Waals surface area (Å²) in [6, 6.07) is 32.8. The number of ether oxygens (including phenoxy) is 3. The van der Waals surface area contributed by atoms with Crippen molar-refractivity contribution in [1.82, 2.24) is 0 Å². The Morgan fingerprint density at radius 3 is 1.60 bits per heavy atom. The number of aromatic hydroxyl groups is 1. The molecule has 0 spiro atoms. The Morgan fingerprint density at radius 2 is 1.17 bits per heavy atom. The summed E-state index contributed by atoms with van der Waals surface area (Å²) < 4.78 is 18.1. The van der Waals surface area contributed by atoms with Crippen LogP contribution in [0.4, 0.5) is 0 Å². The van der Waals surface area contributed by atoms with Gasteiger partial charge in [-0.3, -0.25) is 0 Å². The van der Waals surface area contributed by atoms with Gasteiger partial charge in [0.2, 0.25) is 0 Å². The van der Waals surface area contributed by atoms with Gasteiger partial charge in [-0.15, -0.1) is 0 Å². The van der Waals surface area contributed by atoms with Crippen LogP contribution in [0.3, 0.4) is 0 Å². The van der Waals surface area contributed by atoms with Crippen molar-refractivity contribution in [2.24, 2.45) is 0 Å². The molecule has 42 heavy (non-hydrogen) atoms. The molecule has 0 amide bonds. The second-order valence-electron chi connectivity index (χ2n) is 10.6. The van der Waals surface area contributed by atoms with Crippen molar-refractivity contribution in [2.75, 3.05) is 19.8 Å². The first-order valence-electron chi connectivity index (χ1n) is 14.6. The average Bonchev–Trinajstić information content (AvgIpc) is 2.98. The van der Waals surface area contributed by atoms with E-state index in [4.69, 9.17) is 14.2 Å². The Balaban J connectivity index is 1.86. The zero-order valence-corrected chi connectivity index (χ0v) is 28.8. The molecule has 0 saturated carbocycles. The molecule has 7 heteroatoms. The quantitative estimate of drug-likeness (QED) is 0.0681. The van der Waals surface area contributed by atoms with Gasteiger partial charge in [0, 0.05) is 0 Å². The zero-order valence-electron chi connectivity index (χ0n) is 25.3. The Morgan fingerprint density at radius 1 is 0.714 bits per heavy atom. The van der Waals surface area contributed by atoms with Crippen LogP contribution in [0.2, 0.25) is 6.04 Å². The SMILES string of the molecule is CCOC(OCC)[Si]CCCOc1ccc(O)cc1P(Br)(c1ccc(C)cc1)(c1ccc(C)cc1)c1ccc(C)cc1. The number of aryl methyl sites for hydroxylation is 3. The molecule has 4 aromatic rings. The number of phenolic OH excluding ortho intramolecular Hbond substituents is 1. The summed E-state index contributed by atoms with van der Waals surface area (Å²) in [5, 5.41) is 11.8. The van der Waals surface area contributed by atoms with Crippen molar-refractivity contribution in [1.29, 1.82) is 0 Å². The normalized spacial score (nSPS) is 12.7. The molecular weight excluding hydrogens is 623 g/mol. The van der Waals surface area contributed by atoms with Crippen LogP contribution in [0.1, 0.15) is 37.0 Å². The molecule has 0 aromatic heterocycles. The Bertz CT molecular complexity index is 1320. The van der Waals surface area contributed by atoms with Crippen molar-refractivity contribution in [3.05, 3.63) is 108 Å². The van der Waals surface area contributed by atoms with Crippen LogP contribution >= 0.6 is 20.8 Å². The topological polar surface area (TPSA) is 47.9 Å². The summed E-state index contributed by atoms with van der Waals surface area (Å²) in [4.78, 5) is 0. The first-order chi connectivity index (χ1) is 20.2. The van der Waals surface area contributed by atoms with Crippen LogP contribution in [0.5, 0.6) is 11.5 Å². The summed E-state index contributed by atoms with van der Waals surface area (Å²) in [7, 11) is 0.546. The Kier molecular flexibility index (Phi) is 11.1. The molecule has 0 aliphatic rings. The fraction of sp³-hybridized carbons (Fsp3) is 0.314. The standard InChI is InChI=1S/C35H42BrO4PSi/c1-6-38-35(39-7-2)42-24-8-23-40-33-22-15-29(37)25-34(33)41(36,30-16-9-26(3)10-17-30,31-18-11-27(4)12-19-31)32-20-13-28(5)14-21-32/h9-22,25,35,37H,6-8,23-24H2,1-5H3. The van der Waals surface area contributed by atoms with E-state index in [1.54, 1.807) is 6.07 Å². The summed E-state index contributed by atoms with van der Waals surface area (Å²) in [6.07, 6.45) is 0.868. The van der Waals surface area contributed by atoms with Gasteiger partial charge >= 0.3 is 263 Å². The van der Waals surface area contributed by atoms with Crippen molar-refractivity contribution in [3.8, 4) is 11.5 Å². The molecule has 4 nitrogen and oxygen atoms in total. The van der Waals surface area contributed by atoms with E-state index in [1.807, 2.05) is 26.0 Å². The third-order valence-corrected chi connectivity index (χ3v) is 18.7. The van der Waals surface area contributed by atoms with Gasteiger partial charge < -0.3 is 0 Å². The molecule has 0 aliphatic heterocycles. The molecule has 0 heterocycles. The number of hydrogen-bond acceptors (Lipinski definition) is 4. The van der Waals surface area contributed by atoms with Gasteiger partial charge in [0.1, 0.15) is 0 Å². The summed E-state index contributed by atoms with van der Waals surface area (Å²) >= 11 is 4.57. The molecule has 0 unspecified atom stereocenters. The minimum atomic E-state index is -3.60. The van der Waals surface area contributed by atoms with E-state index in [2.05, 4.69) is 109 Å². The van der Waals surface area contributed by atoms with Gasteiger partial charge in [-0.05, 0) is 0 Å². The molecule has 0 bridgehead atoms. The van der Waals surface area contributed by atoms with E-state index in [-0.39, 0.29) is 11.7 Å². The second-order valence-corrected chi connectivity index (χ2v) is 20.3. The van der Waals surface area contributed by atoms with Crippen LogP contribution in [-0.2, 0) is 9.47 Å². The van der Waals surface area contributed by atoms with Crippen molar-refractivity contribution < 1.29 is 19.3 Å². The first kappa shape index (κ1) is 32.4. The predicted molar refractivity (Wildman–Crippen MR) is 184 cm³/mol. The summed E-state index contributed by atoms with van der Waals surface area (Å²) in [6.45, 7) is 12.1. The fourth-order valence-electron chi connectivity index (χ4n) is 5.24. The maximum absolute atomic E-state index is 11.0. The molecule has 4 aromatic carbocycles. The van der Waals surface area contributed by atoms with Gasteiger partial charge in [0.15, 0.2) is 0 Å². The number of rotatable bonds is 14. The fourth-order valence-corrected chi connectivity index (χ4v) is 14.1. The maximum atomic E-state index is 11.0. The number of benzene rings is 4. The molecule has 2 radical (unpaired) electrons. The van der Waals surface area contributed by atoms with Crippen molar-refractivity contribution in [3.63, 3.8) is 0 Å². The molecule has 0 aliphatic carbocycles. The zero-order chi connectivity index (χ0) is 30.2. The summed E-state index contributed by atoms with van der Waals surface area (Å²) in [5.41, 5.74) is 3.57. The molecule has 1 N–H and O–H groups in total. The summed E-state index contributed by atoms with van der Waals surface area (Å²) in [5.74, 6) is 0.813. The van der Waals surface area contributed by atoms with Crippen LogP contribution < -0.4 is 26.0 Å². The predicted octanol–water partition coefficient (Wildman–Crippen LogP) is 7.03. The number of halogens is 1. The van der Waals surface area contributed by atoms with Crippen LogP contribution in [0.15, 0.2) is 91.0 Å². The Hall–Kier alpha value is -2.47. The van der Waals surface area contributed by atoms with Crippen molar-refractivity contribution in [2.45, 2.75) is 53.0 Å². The van der Waals surface area contributed by atoms with E-state index in [0.717, 1.165) is 39.4 Å². The molecule has 0 saturated heterocycles. The third kappa shape index (κ3) is 6.69. The van der Waals surface area contributed by atoms with Crippen LogP contribution in [0.25, 0.3) is 0 Å².